The highest BCUT2D eigenvalue weighted by Gasteiger charge is 2.63. The number of para-hydroxylation sites is 1. The van der Waals surface area contributed by atoms with Crippen LogP contribution in [0.3, 0.4) is 0 Å². The molecule has 0 saturated heterocycles. The number of aliphatic hydroxyl groups is 2. The monoisotopic (exact) mass is 348 g/mol. The van der Waals surface area contributed by atoms with Crippen molar-refractivity contribution in [2.24, 2.45) is 5.92 Å². The number of carbonyl (C=O) groups is 3. The molecule has 3 rings (SSSR count). The average Bonchev–Trinajstić information content (AvgIpc) is 2.60. The van der Waals surface area contributed by atoms with E-state index < -0.39 is 46.7 Å². The predicted octanol–water partition coefficient (Wildman–Crippen LogP) is 0.539. The fourth-order valence-electron chi connectivity index (χ4n) is 3.39. The van der Waals surface area contributed by atoms with E-state index in [1.807, 2.05) is 0 Å². The molecule has 0 spiro atoms. The molecular formula is C17H16O8. The van der Waals surface area contributed by atoms with E-state index in [1.165, 1.54) is 6.07 Å². The van der Waals surface area contributed by atoms with E-state index in [4.69, 9.17) is 4.74 Å². The van der Waals surface area contributed by atoms with Gasteiger partial charge in [0, 0.05) is 6.42 Å². The van der Waals surface area contributed by atoms with E-state index in [-0.39, 0.29) is 17.7 Å². The van der Waals surface area contributed by atoms with E-state index in [2.05, 4.69) is 9.47 Å². The Morgan fingerprint density at radius 1 is 1.24 bits per heavy atom. The van der Waals surface area contributed by atoms with E-state index in [0.717, 1.165) is 14.2 Å². The molecule has 3 atom stereocenters. The van der Waals surface area contributed by atoms with Gasteiger partial charge in [0.25, 0.3) is 0 Å². The van der Waals surface area contributed by atoms with Crippen LogP contribution in [0.15, 0.2) is 35.6 Å². The minimum absolute atomic E-state index is 0.164. The Morgan fingerprint density at radius 2 is 1.92 bits per heavy atom. The van der Waals surface area contributed by atoms with Gasteiger partial charge in [-0.3, -0.25) is 4.79 Å². The third kappa shape index (κ3) is 2.29. The quantitative estimate of drug-likeness (QED) is 0.743. The zero-order valence-corrected chi connectivity index (χ0v) is 13.5. The van der Waals surface area contributed by atoms with E-state index >= 15 is 0 Å². The van der Waals surface area contributed by atoms with Crippen molar-refractivity contribution < 1.29 is 38.8 Å². The first kappa shape index (κ1) is 17.0. The van der Waals surface area contributed by atoms with Gasteiger partial charge in [-0.1, -0.05) is 12.1 Å². The molecule has 132 valence electrons. The van der Waals surface area contributed by atoms with E-state index in [9.17, 15) is 24.6 Å². The number of ether oxygens (including phenoxy) is 3. The minimum atomic E-state index is -2.72. The van der Waals surface area contributed by atoms with E-state index in [0.29, 0.717) is 0 Å². The topological polar surface area (TPSA) is 119 Å². The zero-order chi connectivity index (χ0) is 18.4. The lowest BCUT2D eigenvalue weighted by Gasteiger charge is -2.43. The molecule has 0 radical (unpaired) electrons. The van der Waals surface area contributed by atoms with Crippen LogP contribution in [0.4, 0.5) is 0 Å². The summed E-state index contributed by atoms with van der Waals surface area (Å²) in [6.45, 7) is 0. The van der Waals surface area contributed by atoms with Gasteiger partial charge in [-0.05, 0) is 12.1 Å². The molecule has 25 heavy (non-hydrogen) atoms. The Morgan fingerprint density at radius 3 is 2.56 bits per heavy atom. The van der Waals surface area contributed by atoms with Crippen molar-refractivity contribution in [1.82, 2.24) is 0 Å². The molecule has 0 amide bonds. The van der Waals surface area contributed by atoms with E-state index in [1.54, 1.807) is 18.2 Å². The molecule has 8 nitrogen and oxygen atoms in total. The normalized spacial score (nSPS) is 27.7. The summed E-state index contributed by atoms with van der Waals surface area (Å²) in [5.74, 6) is -4.75. The number of methoxy groups -OCH3 is 2. The maximum Gasteiger partial charge on any atom is 0.343 e. The van der Waals surface area contributed by atoms with Gasteiger partial charge in [-0.15, -0.1) is 0 Å². The van der Waals surface area contributed by atoms with Crippen molar-refractivity contribution in [2.75, 3.05) is 14.2 Å². The number of hydrogen-bond donors (Lipinski definition) is 2. The Bertz CT molecular complexity index is 796. The van der Waals surface area contributed by atoms with Gasteiger partial charge in [0.2, 0.25) is 5.60 Å². The highest BCUT2D eigenvalue weighted by molar-refractivity contribution is 6.10. The largest absolute Gasteiger partial charge is 0.511 e. The summed E-state index contributed by atoms with van der Waals surface area (Å²) >= 11 is 0. The first-order chi connectivity index (χ1) is 11.9. The standard InChI is InChI=1S/C17H16O8/c1-23-15(20)12-9(18)7-11-13(17(12,22)16(21)24-2)14(19)8-5-3-4-6-10(8)25-11/h3-6,11,13,18,22H,7H2,1-2H3. The minimum Gasteiger partial charge on any atom is -0.511 e. The first-order valence-electron chi connectivity index (χ1n) is 7.47. The Labute approximate surface area is 142 Å². The molecule has 3 unspecified atom stereocenters. The van der Waals surface area contributed by atoms with Crippen LogP contribution in [0.1, 0.15) is 16.8 Å². The molecule has 1 aromatic rings. The summed E-state index contributed by atoms with van der Waals surface area (Å²) in [6.07, 6.45) is -1.28. The van der Waals surface area contributed by atoms with Gasteiger partial charge in [0.15, 0.2) is 5.78 Å². The number of esters is 2. The molecule has 1 aromatic carbocycles. The SMILES string of the molecule is COC(=O)C1=C(O)CC2Oc3ccccc3C(=O)C2C1(O)C(=O)OC. The number of carbonyl (C=O) groups excluding carboxylic acids is 3. The number of aliphatic hydroxyl groups excluding tert-OH is 1. The van der Waals surface area contributed by atoms with Gasteiger partial charge >= 0.3 is 11.9 Å². The smallest absolute Gasteiger partial charge is 0.343 e. The number of Topliss-reactive ketones (excluding diaryl/α,β-unsaturated/α-hetero) is 1. The maximum atomic E-state index is 12.9. The molecule has 1 aliphatic carbocycles. The molecule has 1 heterocycles. The van der Waals surface area contributed by atoms with Crippen molar-refractivity contribution in [3.63, 3.8) is 0 Å². The van der Waals surface area contributed by atoms with Crippen molar-refractivity contribution in [3.05, 3.63) is 41.2 Å². The second kappa shape index (κ2) is 5.89. The Hall–Kier alpha value is -2.87. The molecule has 2 N–H and O–H groups in total. The third-order valence-electron chi connectivity index (χ3n) is 4.49. The summed E-state index contributed by atoms with van der Waals surface area (Å²) in [7, 11) is 2.03. The van der Waals surface area contributed by atoms with Gasteiger partial charge in [-0.2, -0.15) is 0 Å². The lowest BCUT2D eigenvalue weighted by Crippen LogP contribution is -2.62. The molecule has 1 aliphatic heterocycles. The number of hydrogen-bond acceptors (Lipinski definition) is 8. The van der Waals surface area contributed by atoms with Crippen molar-refractivity contribution >= 4 is 17.7 Å². The molecule has 0 aromatic heterocycles. The average molecular weight is 348 g/mol. The number of fused-ring (bicyclic) bond motifs is 2. The number of benzene rings is 1. The highest BCUT2D eigenvalue weighted by Crippen LogP contribution is 2.46. The molecule has 2 aliphatic rings. The van der Waals surface area contributed by atoms with Crippen LogP contribution in [0.2, 0.25) is 0 Å². The number of rotatable bonds is 2. The molecule has 0 saturated carbocycles. The number of ketones is 1. The van der Waals surface area contributed by atoms with Crippen LogP contribution in [-0.4, -0.2) is 53.9 Å². The summed E-state index contributed by atoms with van der Waals surface area (Å²) in [5, 5.41) is 21.3. The summed E-state index contributed by atoms with van der Waals surface area (Å²) in [6, 6.07) is 6.32. The molecule has 0 fully saturated rings. The third-order valence-corrected chi connectivity index (χ3v) is 4.49. The lowest BCUT2D eigenvalue weighted by molar-refractivity contribution is -0.171. The lowest BCUT2D eigenvalue weighted by atomic mass is 9.67. The zero-order valence-electron chi connectivity index (χ0n) is 13.5. The summed E-state index contributed by atoms with van der Waals surface area (Å²) in [5.41, 5.74) is -3.27. The van der Waals surface area contributed by atoms with Crippen LogP contribution in [-0.2, 0) is 19.1 Å². The van der Waals surface area contributed by atoms with Crippen molar-refractivity contribution in [2.45, 2.75) is 18.1 Å². The Balaban J connectivity index is 2.22. The second-order valence-electron chi connectivity index (χ2n) is 5.77. The summed E-state index contributed by atoms with van der Waals surface area (Å²) in [4.78, 5) is 37.4. The van der Waals surface area contributed by atoms with Gasteiger partial charge in [0.1, 0.15) is 29.1 Å². The Kier molecular flexibility index (Phi) is 4.00. The summed E-state index contributed by atoms with van der Waals surface area (Å²) < 4.78 is 14.9. The van der Waals surface area contributed by atoms with Crippen LogP contribution in [0, 0.1) is 5.92 Å². The molecule has 8 heteroatoms. The predicted molar refractivity (Wildman–Crippen MR) is 81.9 cm³/mol. The molecular weight excluding hydrogens is 332 g/mol. The van der Waals surface area contributed by atoms with Crippen LogP contribution < -0.4 is 4.74 Å². The fourth-order valence-corrected chi connectivity index (χ4v) is 3.39. The van der Waals surface area contributed by atoms with Gasteiger partial charge < -0.3 is 24.4 Å². The van der Waals surface area contributed by atoms with Gasteiger partial charge in [-0.25, -0.2) is 9.59 Å². The van der Waals surface area contributed by atoms with Crippen LogP contribution in [0.5, 0.6) is 5.75 Å². The van der Waals surface area contributed by atoms with Crippen molar-refractivity contribution in [1.29, 1.82) is 0 Å². The van der Waals surface area contributed by atoms with Crippen LogP contribution >= 0.6 is 0 Å². The fraction of sp³-hybridized carbons (Fsp3) is 0.353. The molecule has 0 bridgehead atoms. The maximum absolute atomic E-state index is 12.9. The van der Waals surface area contributed by atoms with Crippen LogP contribution in [0.25, 0.3) is 0 Å². The first-order valence-corrected chi connectivity index (χ1v) is 7.47. The van der Waals surface area contributed by atoms with Crippen molar-refractivity contribution in [3.8, 4) is 5.75 Å². The second-order valence-corrected chi connectivity index (χ2v) is 5.77. The highest BCUT2D eigenvalue weighted by atomic mass is 16.5. The van der Waals surface area contributed by atoms with Gasteiger partial charge in [0.05, 0.1) is 19.8 Å².